The minimum Gasteiger partial charge on any atom is -0.347 e. The van der Waals surface area contributed by atoms with Crippen molar-refractivity contribution in [3.63, 3.8) is 0 Å². The van der Waals surface area contributed by atoms with Gasteiger partial charge in [-0.1, -0.05) is 25.1 Å². The van der Waals surface area contributed by atoms with E-state index in [4.69, 9.17) is 0 Å². The Morgan fingerprint density at radius 2 is 2.05 bits per heavy atom. The normalized spacial score (nSPS) is 17.4. The van der Waals surface area contributed by atoms with Crippen molar-refractivity contribution in [1.82, 2.24) is 10.2 Å². The van der Waals surface area contributed by atoms with E-state index in [1.807, 2.05) is 20.8 Å². The molecule has 1 atom stereocenters. The second kappa shape index (κ2) is 5.92. The molecule has 1 saturated heterocycles. The zero-order valence-electron chi connectivity index (χ0n) is 12.4. The molecule has 1 amide bonds. The van der Waals surface area contributed by atoms with Gasteiger partial charge in [-0.15, -0.1) is 0 Å². The van der Waals surface area contributed by atoms with E-state index >= 15 is 0 Å². The third-order valence-corrected chi connectivity index (χ3v) is 3.91. The topological polar surface area (TPSA) is 32.3 Å². The minimum atomic E-state index is -0.703. The summed E-state index contributed by atoms with van der Waals surface area (Å²) in [6.45, 7) is 8.52. The van der Waals surface area contributed by atoms with Crippen LogP contribution in [0.1, 0.15) is 32.8 Å². The highest BCUT2D eigenvalue weighted by atomic mass is 19.1. The summed E-state index contributed by atoms with van der Waals surface area (Å²) < 4.78 is 13.9. The van der Waals surface area contributed by atoms with Gasteiger partial charge >= 0.3 is 0 Å². The van der Waals surface area contributed by atoms with E-state index in [0.717, 1.165) is 19.6 Å². The largest absolute Gasteiger partial charge is 0.347 e. The van der Waals surface area contributed by atoms with Crippen LogP contribution in [0.4, 0.5) is 4.39 Å². The number of rotatable bonds is 5. The first-order chi connectivity index (χ1) is 9.40. The monoisotopic (exact) mass is 278 g/mol. The molecule has 0 unspecified atom stereocenters. The number of carbonyl (C=O) groups excluding carboxylic acids is 1. The molecule has 1 N–H and O–H groups in total. The van der Waals surface area contributed by atoms with Crippen LogP contribution < -0.4 is 5.32 Å². The Morgan fingerprint density at radius 1 is 1.40 bits per heavy atom. The van der Waals surface area contributed by atoms with Crippen LogP contribution in [-0.4, -0.2) is 30.4 Å². The molecule has 20 heavy (non-hydrogen) atoms. The van der Waals surface area contributed by atoms with Gasteiger partial charge in [0.05, 0.1) is 5.54 Å². The Bertz CT molecular complexity index is 483. The summed E-state index contributed by atoms with van der Waals surface area (Å²) in [4.78, 5) is 14.5. The van der Waals surface area contributed by atoms with Gasteiger partial charge in [-0.05, 0) is 39.4 Å². The smallest absolute Gasteiger partial charge is 0.224 e. The Morgan fingerprint density at radius 3 is 2.60 bits per heavy atom. The lowest BCUT2D eigenvalue weighted by atomic mass is 9.92. The van der Waals surface area contributed by atoms with Crippen LogP contribution in [0.15, 0.2) is 24.3 Å². The summed E-state index contributed by atoms with van der Waals surface area (Å²) in [7, 11) is 0. The summed E-state index contributed by atoms with van der Waals surface area (Å²) in [5.74, 6) is -0.389. The van der Waals surface area contributed by atoms with Crippen LogP contribution >= 0.6 is 0 Å². The SMILES string of the molecule is C[C@H](CN1CCC1)C(=O)NC(C)(C)c1ccccc1F. The highest BCUT2D eigenvalue weighted by Crippen LogP contribution is 2.23. The van der Waals surface area contributed by atoms with E-state index in [2.05, 4.69) is 10.2 Å². The van der Waals surface area contributed by atoms with E-state index in [9.17, 15) is 9.18 Å². The van der Waals surface area contributed by atoms with E-state index in [1.54, 1.807) is 18.2 Å². The number of nitrogens with one attached hydrogen (secondary N) is 1. The summed E-state index contributed by atoms with van der Waals surface area (Å²) in [5.41, 5.74) is -0.185. The van der Waals surface area contributed by atoms with E-state index in [-0.39, 0.29) is 17.6 Å². The average Bonchev–Trinajstić information content (AvgIpc) is 2.33. The standard InChI is InChI=1S/C16H23FN2O/c1-12(11-19-9-6-10-19)15(20)18-16(2,3)13-7-4-5-8-14(13)17/h4-5,7-8,12H,6,9-11H2,1-3H3,(H,18,20)/t12-/m1/s1. The lowest BCUT2D eigenvalue weighted by Gasteiger charge is -2.34. The number of hydrogen-bond acceptors (Lipinski definition) is 2. The van der Waals surface area contributed by atoms with Gasteiger partial charge in [0.2, 0.25) is 5.91 Å². The molecule has 1 aromatic carbocycles. The molecule has 0 aromatic heterocycles. The van der Waals surface area contributed by atoms with Crippen molar-refractivity contribution in [3.8, 4) is 0 Å². The molecular weight excluding hydrogens is 255 g/mol. The first kappa shape index (κ1) is 15.0. The highest BCUT2D eigenvalue weighted by Gasteiger charge is 2.29. The van der Waals surface area contributed by atoms with Crippen LogP contribution in [0.5, 0.6) is 0 Å². The summed E-state index contributed by atoms with van der Waals surface area (Å²) in [6, 6.07) is 6.58. The van der Waals surface area contributed by atoms with Crippen LogP contribution in [0.25, 0.3) is 0 Å². The van der Waals surface area contributed by atoms with Crippen molar-refractivity contribution >= 4 is 5.91 Å². The predicted octanol–water partition coefficient (Wildman–Crippen LogP) is 2.52. The first-order valence-corrected chi connectivity index (χ1v) is 7.19. The van der Waals surface area contributed by atoms with Crippen LogP contribution in [0.3, 0.4) is 0 Å². The number of benzene rings is 1. The van der Waals surface area contributed by atoms with Gasteiger partial charge < -0.3 is 10.2 Å². The molecule has 1 fully saturated rings. The highest BCUT2D eigenvalue weighted by molar-refractivity contribution is 5.79. The number of carbonyl (C=O) groups is 1. The van der Waals surface area contributed by atoms with Gasteiger partial charge in [-0.25, -0.2) is 4.39 Å². The van der Waals surface area contributed by atoms with Crippen molar-refractivity contribution in [2.75, 3.05) is 19.6 Å². The maximum absolute atomic E-state index is 13.9. The number of likely N-dealkylation sites (tertiary alicyclic amines) is 1. The lowest BCUT2D eigenvalue weighted by Crippen LogP contribution is -2.48. The molecule has 2 rings (SSSR count). The quantitative estimate of drug-likeness (QED) is 0.897. The molecule has 4 heteroatoms. The van der Waals surface area contributed by atoms with Crippen molar-refractivity contribution in [1.29, 1.82) is 0 Å². The first-order valence-electron chi connectivity index (χ1n) is 7.19. The number of amides is 1. The Labute approximate surface area is 120 Å². The summed E-state index contributed by atoms with van der Waals surface area (Å²) in [6.07, 6.45) is 1.22. The maximum atomic E-state index is 13.9. The van der Waals surface area contributed by atoms with Crippen molar-refractivity contribution < 1.29 is 9.18 Å². The van der Waals surface area contributed by atoms with E-state index < -0.39 is 5.54 Å². The van der Waals surface area contributed by atoms with E-state index in [0.29, 0.717) is 5.56 Å². The van der Waals surface area contributed by atoms with Gasteiger partial charge in [0.1, 0.15) is 5.82 Å². The molecule has 1 heterocycles. The van der Waals surface area contributed by atoms with Crippen LogP contribution in [0, 0.1) is 11.7 Å². The van der Waals surface area contributed by atoms with Gasteiger partial charge in [0.25, 0.3) is 0 Å². The molecule has 0 bridgehead atoms. The second-order valence-electron chi connectivity index (χ2n) is 6.15. The number of halogens is 1. The van der Waals surface area contributed by atoms with Crippen molar-refractivity contribution in [3.05, 3.63) is 35.6 Å². The Kier molecular flexibility index (Phi) is 4.43. The number of nitrogens with zero attached hydrogens (tertiary/aromatic N) is 1. The molecule has 0 radical (unpaired) electrons. The molecule has 0 spiro atoms. The minimum absolute atomic E-state index is 0.0230. The van der Waals surface area contributed by atoms with Gasteiger partial charge in [0.15, 0.2) is 0 Å². The van der Waals surface area contributed by atoms with Gasteiger partial charge in [-0.3, -0.25) is 4.79 Å². The summed E-state index contributed by atoms with van der Waals surface area (Å²) in [5, 5.41) is 2.96. The maximum Gasteiger partial charge on any atom is 0.224 e. The fourth-order valence-electron chi connectivity index (χ4n) is 2.50. The predicted molar refractivity (Wildman–Crippen MR) is 77.8 cm³/mol. The molecule has 110 valence electrons. The van der Waals surface area contributed by atoms with Gasteiger partial charge in [0, 0.05) is 18.0 Å². The lowest BCUT2D eigenvalue weighted by molar-refractivity contribution is -0.127. The Hall–Kier alpha value is -1.42. The van der Waals surface area contributed by atoms with Crippen LogP contribution in [0.2, 0.25) is 0 Å². The molecule has 0 saturated carbocycles. The Balaban J connectivity index is 1.99. The second-order valence-corrected chi connectivity index (χ2v) is 6.15. The fraction of sp³-hybridized carbons (Fsp3) is 0.562. The third-order valence-electron chi connectivity index (χ3n) is 3.91. The van der Waals surface area contributed by atoms with Crippen molar-refractivity contribution in [2.24, 2.45) is 5.92 Å². The molecular formula is C16H23FN2O. The zero-order chi connectivity index (χ0) is 14.8. The average molecular weight is 278 g/mol. The summed E-state index contributed by atoms with van der Waals surface area (Å²) >= 11 is 0. The fourth-order valence-corrected chi connectivity index (χ4v) is 2.50. The molecule has 3 nitrogen and oxygen atoms in total. The van der Waals surface area contributed by atoms with E-state index in [1.165, 1.54) is 12.5 Å². The van der Waals surface area contributed by atoms with Crippen LogP contribution in [-0.2, 0) is 10.3 Å². The zero-order valence-corrected chi connectivity index (χ0v) is 12.4. The molecule has 1 aliphatic heterocycles. The van der Waals surface area contributed by atoms with Gasteiger partial charge in [-0.2, -0.15) is 0 Å². The third kappa shape index (κ3) is 3.37. The molecule has 0 aliphatic carbocycles. The van der Waals surface area contributed by atoms with Crippen molar-refractivity contribution in [2.45, 2.75) is 32.7 Å². The molecule has 1 aliphatic rings. The molecule has 1 aromatic rings. The number of hydrogen-bond donors (Lipinski definition) is 1.